The van der Waals surface area contributed by atoms with E-state index in [1.54, 1.807) is 0 Å². The summed E-state index contributed by atoms with van der Waals surface area (Å²) in [4.78, 5) is 13.2. The van der Waals surface area contributed by atoms with Gasteiger partial charge in [0, 0.05) is 18.2 Å². The summed E-state index contributed by atoms with van der Waals surface area (Å²) in [5.41, 5.74) is 5.15. The van der Waals surface area contributed by atoms with Crippen LogP contribution in [0.4, 0.5) is 10.1 Å². The fourth-order valence-electron chi connectivity index (χ4n) is 5.40. The summed E-state index contributed by atoms with van der Waals surface area (Å²) >= 11 is 0. The van der Waals surface area contributed by atoms with Gasteiger partial charge in [0.2, 0.25) is 5.91 Å². The summed E-state index contributed by atoms with van der Waals surface area (Å²) in [5.74, 6) is 1.40. The number of anilines is 1. The van der Waals surface area contributed by atoms with Gasteiger partial charge in [-0.3, -0.25) is 4.79 Å². The van der Waals surface area contributed by atoms with Crippen molar-refractivity contribution in [2.24, 2.45) is 5.92 Å². The van der Waals surface area contributed by atoms with Crippen LogP contribution >= 0.6 is 0 Å². The molecule has 5 heteroatoms. The van der Waals surface area contributed by atoms with Crippen molar-refractivity contribution in [3.05, 3.63) is 162 Å². The predicted octanol–water partition coefficient (Wildman–Crippen LogP) is 10.6. The normalized spacial score (nSPS) is 11.1. The third-order valence-electron chi connectivity index (χ3n) is 7.81. The van der Waals surface area contributed by atoms with E-state index in [-0.39, 0.29) is 17.6 Å². The second-order valence-electron chi connectivity index (χ2n) is 11.4. The van der Waals surface area contributed by atoms with Gasteiger partial charge in [0.05, 0.1) is 0 Å². The average molecular weight is 632 g/mol. The molecule has 5 aromatic carbocycles. The zero-order valence-corrected chi connectivity index (χ0v) is 27.5. The van der Waals surface area contributed by atoms with Gasteiger partial charge in [0.15, 0.2) is 0 Å². The molecule has 1 unspecified atom stereocenters. The van der Waals surface area contributed by atoms with Gasteiger partial charge in [0.25, 0.3) is 0 Å². The molecule has 0 saturated heterocycles. The highest BCUT2D eigenvalue weighted by atomic mass is 19.1. The van der Waals surface area contributed by atoms with Crippen LogP contribution in [0.15, 0.2) is 133 Å². The number of hydrogen-bond donors (Lipinski definition) is 1. The lowest BCUT2D eigenvalue weighted by Crippen LogP contribution is -2.18. The third-order valence-corrected chi connectivity index (χ3v) is 7.81. The van der Waals surface area contributed by atoms with Gasteiger partial charge in [-0.25, -0.2) is 4.39 Å². The SMILES string of the molecule is CC.O=C(CC(CCCCc1ccc(F)cc1)Cc1ccc(OCc2ccccc2)cc1OCc1ccccc1)Nc1ccccc1. The van der Waals surface area contributed by atoms with Gasteiger partial charge in [-0.05, 0) is 84.2 Å². The van der Waals surface area contributed by atoms with Crippen LogP contribution in [-0.4, -0.2) is 5.91 Å². The van der Waals surface area contributed by atoms with Crippen molar-refractivity contribution in [1.82, 2.24) is 0 Å². The fraction of sp³-hybridized carbons (Fsp3) is 0.262. The Morgan fingerprint density at radius 1 is 0.681 bits per heavy atom. The number of amides is 1. The van der Waals surface area contributed by atoms with Crippen molar-refractivity contribution < 1.29 is 18.7 Å². The number of para-hydroxylation sites is 1. The van der Waals surface area contributed by atoms with Crippen LogP contribution in [-0.2, 0) is 30.8 Å². The lowest BCUT2D eigenvalue weighted by atomic mass is 9.89. The Balaban J connectivity index is 0.00000245. The van der Waals surface area contributed by atoms with Gasteiger partial charge < -0.3 is 14.8 Å². The lowest BCUT2D eigenvalue weighted by Gasteiger charge is -2.20. The van der Waals surface area contributed by atoms with E-state index < -0.39 is 0 Å². The van der Waals surface area contributed by atoms with Gasteiger partial charge in [-0.1, -0.05) is 117 Å². The van der Waals surface area contributed by atoms with Gasteiger partial charge >= 0.3 is 0 Å². The second kappa shape index (κ2) is 19.6. The smallest absolute Gasteiger partial charge is 0.224 e. The first-order valence-corrected chi connectivity index (χ1v) is 16.7. The zero-order valence-electron chi connectivity index (χ0n) is 27.5. The first-order valence-electron chi connectivity index (χ1n) is 16.7. The van der Waals surface area contributed by atoms with Gasteiger partial charge in [-0.15, -0.1) is 0 Å². The minimum atomic E-state index is -0.218. The number of carbonyl (C=O) groups excluding carboxylic acids is 1. The molecule has 5 rings (SSSR count). The molecule has 1 atom stereocenters. The molecular formula is C42H46FNO3. The number of hydrogen-bond acceptors (Lipinski definition) is 3. The van der Waals surface area contributed by atoms with Crippen LogP contribution in [0.2, 0.25) is 0 Å². The van der Waals surface area contributed by atoms with E-state index in [2.05, 4.69) is 11.4 Å². The standard InChI is InChI=1S/C40H40FNO3.C2H6/c41-36-23-20-31(21-24-36)12-10-11-17-34(27-40(43)42-37-18-8-3-9-19-37)26-35-22-25-38(44-29-32-13-4-1-5-14-32)28-39(35)45-30-33-15-6-2-7-16-33;1-2/h1-9,13-16,18-25,28,34H,10-12,17,26-27,29-30H2,(H,42,43);1-2H3. The highest BCUT2D eigenvalue weighted by molar-refractivity contribution is 5.90. The predicted molar refractivity (Wildman–Crippen MR) is 190 cm³/mol. The summed E-state index contributed by atoms with van der Waals surface area (Å²) in [5, 5.41) is 3.06. The number of aryl methyl sites for hydroxylation is 1. The molecule has 0 aliphatic carbocycles. The number of ether oxygens (including phenoxy) is 2. The van der Waals surface area contributed by atoms with Crippen molar-refractivity contribution in [1.29, 1.82) is 0 Å². The van der Waals surface area contributed by atoms with Gasteiger partial charge in [0.1, 0.15) is 30.5 Å². The summed E-state index contributed by atoms with van der Waals surface area (Å²) in [6.07, 6.45) is 4.78. The molecule has 1 N–H and O–H groups in total. The maximum absolute atomic E-state index is 13.3. The first kappa shape index (κ1) is 35.0. The molecule has 1 amide bonds. The Labute approximate surface area is 279 Å². The topological polar surface area (TPSA) is 47.6 Å². The van der Waals surface area contributed by atoms with Crippen molar-refractivity contribution in [3.8, 4) is 11.5 Å². The summed E-state index contributed by atoms with van der Waals surface area (Å²) < 4.78 is 25.9. The third kappa shape index (κ3) is 12.4. The molecule has 47 heavy (non-hydrogen) atoms. The summed E-state index contributed by atoms with van der Waals surface area (Å²) in [6, 6.07) is 42.5. The molecule has 0 spiro atoms. The summed E-state index contributed by atoms with van der Waals surface area (Å²) in [7, 11) is 0. The van der Waals surface area contributed by atoms with Crippen LogP contribution in [0.1, 0.15) is 61.8 Å². The van der Waals surface area contributed by atoms with E-state index in [1.165, 1.54) is 12.1 Å². The van der Waals surface area contributed by atoms with Crippen LogP contribution in [0.25, 0.3) is 0 Å². The molecular weight excluding hydrogens is 585 g/mol. The van der Waals surface area contributed by atoms with Crippen LogP contribution in [0.5, 0.6) is 11.5 Å². The molecule has 244 valence electrons. The summed E-state index contributed by atoms with van der Waals surface area (Å²) in [6.45, 7) is 4.90. The van der Waals surface area contributed by atoms with Crippen molar-refractivity contribution in [2.45, 2.75) is 65.6 Å². The minimum absolute atomic E-state index is 0.000645. The highest BCUT2D eigenvalue weighted by Crippen LogP contribution is 2.31. The zero-order chi connectivity index (χ0) is 33.1. The average Bonchev–Trinajstić information content (AvgIpc) is 3.12. The Morgan fingerprint density at radius 3 is 1.91 bits per heavy atom. The highest BCUT2D eigenvalue weighted by Gasteiger charge is 2.18. The molecule has 0 aliphatic rings. The number of benzene rings is 5. The Bertz CT molecular complexity index is 1590. The number of halogens is 1. The maximum Gasteiger partial charge on any atom is 0.224 e. The molecule has 0 aliphatic heterocycles. The number of unbranched alkanes of at least 4 members (excludes halogenated alkanes) is 1. The molecule has 0 heterocycles. The molecule has 5 aromatic rings. The Hall–Kier alpha value is -4.90. The minimum Gasteiger partial charge on any atom is -0.489 e. The van der Waals surface area contributed by atoms with E-state index in [9.17, 15) is 9.18 Å². The van der Waals surface area contributed by atoms with Crippen molar-refractivity contribution in [3.63, 3.8) is 0 Å². The number of nitrogens with one attached hydrogen (secondary N) is 1. The van der Waals surface area contributed by atoms with E-state index in [1.807, 2.05) is 129 Å². The van der Waals surface area contributed by atoms with Crippen LogP contribution in [0, 0.1) is 11.7 Å². The van der Waals surface area contributed by atoms with Crippen LogP contribution in [0.3, 0.4) is 0 Å². The molecule has 0 bridgehead atoms. The molecule has 0 saturated carbocycles. The van der Waals surface area contributed by atoms with E-state index >= 15 is 0 Å². The first-order chi connectivity index (χ1) is 23.1. The Kier molecular flexibility index (Phi) is 14.6. The monoisotopic (exact) mass is 631 g/mol. The van der Waals surface area contributed by atoms with E-state index in [4.69, 9.17) is 9.47 Å². The van der Waals surface area contributed by atoms with E-state index in [0.717, 1.165) is 65.1 Å². The lowest BCUT2D eigenvalue weighted by molar-refractivity contribution is -0.117. The quantitative estimate of drug-likeness (QED) is 0.110. The Morgan fingerprint density at radius 2 is 1.28 bits per heavy atom. The van der Waals surface area contributed by atoms with Gasteiger partial charge in [-0.2, -0.15) is 0 Å². The fourth-order valence-corrected chi connectivity index (χ4v) is 5.40. The maximum atomic E-state index is 13.3. The molecule has 0 fully saturated rings. The van der Waals surface area contributed by atoms with Crippen molar-refractivity contribution in [2.75, 3.05) is 5.32 Å². The largest absolute Gasteiger partial charge is 0.489 e. The van der Waals surface area contributed by atoms with Crippen LogP contribution < -0.4 is 14.8 Å². The number of rotatable bonds is 16. The number of carbonyl (C=O) groups is 1. The second-order valence-corrected chi connectivity index (χ2v) is 11.4. The molecule has 0 aromatic heterocycles. The van der Waals surface area contributed by atoms with Crippen molar-refractivity contribution >= 4 is 11.6 Å². The molecule has 4 nitrogen and oxygen atoms in total. The molecule has 0 radical (unpaired) electrons. The van der Waals surface area contributed by atoms with E-state index in [0.29, 0.717) is 26.1 Å².